The summed E-state index contributed by atoms with van der Waals surface area (Å²) in [6, 6.07) is 11.3. The van der Waals surface area contributed by atoms with Crippen molar-refractivity contribution in [3.05, 3.63) is 63.7 Å². The molecule has 0 bridgehead atoms. The Kier molecular flexibility index (Phi) is 4.34. The van der Waals surface area contributed by atoms with E-state index in [4.69, 9.17) is 4.74 Å². The van der Waals surface area contributed by atoms with Crippen molar-refractivity contribution in [2.24, 2.45) is 0 Å². The summed E-state index contributed by atoms with van der Waals surface area (Å²) in [7, 11) is 1.40. The summed E-state index contributed by atoms with van der Waals surface area (Å²) in [5.41, 5.74) is 1.21. The Bertz CT molecular complexity index is 865. The first-order valence-corrected chi connectivity index (χ1v) is 7.49. The lowest BCUT2D eigenvalue weighted by atomic mass is 10.1. The SMILES string of the molecule is COc1ccc(NC(=O)CN2Cc3ccccc3C2=O)c([N+](=O)[O-])c1. The average Bonchev–Trinajstić information content (AvgIpc) is 2.91. The van der Waals surface area contributed by atoms with Crippen LogP contribution in [0, 0.1) is 10.1 Å². The molecule has 0 aromatic heterocycles. The molecule has 0 saturated heterocycles. The zero-order valence-electron chi connectivity index (χ0n) is 13.4. The standard InChI is InChI=1S/C17H15N3O5/c1-25-12-6-7-14(15(8-12)20(23)24)18-16(21)10-19-9-11-4-2-3-5-13(11)17(19)22/h2-8H,9-10H2,1H3,(H,18,21). The number of ether oxygens (including phenoxy) is 1. The van der Waals surface area contributed by atoms with Gasteiger partial charge in [-0.3, -0.25) is 19.7 Å². The second-order valence-corrected chi connectivity index (χ2v) is 5.51. The first kappa shape index (κ1) is 16.4. The monoisotopic (exact) mass is 341 g/mol. The molecular weight excluding hydrogens is 326 g/mol. The van der Waals surface area contributed by atoms with E-state index in [0.717, 1.165) is 5.56 Å². The van der Waals surface area contributed by atoms with Crippen molar-refractivity contribution >= 4 is 23.2 Å². The number of nitrogens with one attached hydrogen (secondary N) is 1. The highest BCUT2D eigenvalue weighted by Crippen LogP contribution is 2.29. The van der Waals surface area contributed by atoms with Crippen molar-refractivity contribution in [3.8, 4) is 5.75 Å². The third kappa shape index (κ3) is 3.27. The van der Waals surface area contributed by atoms with Crippen molar-refractivity contribution in [2.45, 2.75) is 6.54 Å². The largest absolute Gasteiger partial charge is 0.496 e. The van der Waals surface area contributed by atoms with E-state index in [0.29, 0.717) is 17.9 Å². The van der Waals surface area contributed by atoms with E-state index in [1.54, 1.807) is 12.1 Å². The predicted molar refractivity (Wildman–Crippen MR) is 89.5 cm³/mol. The molecular formula is C17H15N3O5. The molecule has 128 valence electrons. The summed E-state index contributed by atoms with van der Waals surface area (Å²) in [6.07, 6.45) is 0. The van der Waals surface area contributed by atoms with E-state index >= 15 is 0 Å². The minimum absolute atomic E-state index is 0.0555. The van der Waals surface area contributed by atoms with Crippen molar-refractivity contribution in [1.82, 2.24) is 4.90 Å². The molecule has 2 aromatic rings. The second-order valence-electron chi connectivity index (χ2n) is 5.51. The number of carbonyl (C=O) groups is 2. The van der Waals surface area contributed by atoms with Gasteiger partial charge in [0, 0.05) is 12.1 Å². The van der Waals surface area contributed by atoms with Crippen LogP contribution in [-0.4, -0.2) is 35.3 Å². The van der Waals surface area contributed by atoms with Gasteiger partial charge in [0.05, 0.1) is 18.1 Å². The van der Waals surface area contributed by atoms with Crippen LogP contribution >= 0.6 is 0 Å². The number of carbonyl (C=O) groups excluding carboxylic acids is 2. The van der Waals surface area contributed by atoms with Crippen LogP contribution in [0.15, 0.2) is 42.5 Å². The number of amides is 2. The normalized spacial score (nSPS) is 12.7. The highest BCUT2D eigenvalue weighted by atomic mass is 16.6. The first-order chi connectivity index (χ1) is 12.0. The lowest BCUT2D eigenvalue weighted by Gasteiger charge is -2.15. The van der Waals surface area contributed by atoms with Crippen LogP contribution in [0.1, 0.15) is 15.9 Å². The van der Waals surface area contributed by atoms with Gasteiger partial charge in [-0.1, -0.05) is 18.2 Å². The zero-order chi connectivity index (χ0) is 18.0. The topological polar surface area (TPSA) is 102 Å². The van der Waals surface area contributed by atoms with Gasteiger partial charge in [0.15, 0.2) is 0 Å². The summed E-state index contributed by atoms with van der Waals surface area (Å²) >= 11 is 0. The maximum Gasteiger partial charge on any atom is 0.296 e. The van der Waals surface area contributed by atoms with E-state index in [9.17, 15) is 19.7 Å². The smallest absolute Gasteiger partial charge is 0.296 e. The van der Waals surface area contributed by atoms with Gasteiger partial charge in [-0.2, -0.15) is 0 Å². The number of anilines is 1. The Morgan fingerprint density at radius 2 is 2.08 bits per heavy atom. The van der Waals surface area contributed by atoms with Gasteiger partial charge in [-0.25, -0.2) is 0 Å². The Labute approximate surface area is 143 Å². The van der Waals surface area contributed by atoms with Crippen LogP contribution in [0.3, 0.4) is 0 Å². The maximum atomic E-state index is 12.3. The van der Waals surface area contributed by atoms with Gasteiger partial charge in [-0.15, -0.1) is 0 Å². The van der Waals surface area contributed by atoms with Crippen LogP contribution < -0.4 is 10.1 Å². The number of benzene rings is 2. The van der Waals surface area contributed by atoms with Crippen LogP contribution in [-0.2, 0) is 11.3 Å². The molecule has 25 heavy (non-hydrogen) atoms. The molecule has 0 aliphatic carbocycles. The Morgan fingerprint density at radius 1 is 1.32 bits per heavy atom. The zero-order valence-corrected chi connectivity index (χ0v) is 13.4. The van der Waals surface area contributed by atoms with Gasteiger partial charge in [0.1, 0.15) is 18.0 Å². The fourth-order valence-electron chi connectivity index (χ4n) is 2.70. The summed E-state index contributed by atoms with van der Waals surface area (Å²) in [5.74, 6) is -0.417. The molecule has 1 N–H and O–H groups in total. The Balaban J connectivity index is 1.72. The fraction of sp³-hybridized carbons (Fsp3) is 0.176. The van der Waals surface area contributed by atoms with Gasteiger partial charge >= 0.3 is 0 Å². The molecule has 8 nitrogen and oxygen atoms in total. The van der Waals surface area contributed by atoms with E-state index in [-0.39, 0.29) is 23.8 Å². The lowest BCUT2D eigenvalue weighted by Crippen LogP contribution is -2.33. The van der Waals surface area contributed by atoms with E-state index < -0.39 is 10.8 Å². The third-order valence-electron chi connectivity index (χ3n) is 3.91. The molecule has 2 aromatic carbocycles. The summed E-state index contributed by atoms with van der Waals surface area (Å²) in [4.78, 5) is 36.4. The molecule has 0 spiro atoms. The number of nitrogens with zero attached hydrogens (tertiary/aromatic N) is 2. The quantitative estimate of drug-likeness (QED) is 0.663. The minimum atomic E-state index is -0.602. The molecule has 0 unspecified atom stereocenters. The first-order valence-electron chi connectivity index (χ1n) is 7.49. The summed E-state index contributed by atoms with van der Waals surface area (Å²) in [6.45, 7) is 0.157. The molecule has 3 rings (SSSR count). The van der Waals surface area contributed by atoms with E-state index in [1.807, 2.05) is 12.1 Å². The van der Waals surface area contributed by atoms with Crippen molar-refractivity contribution in [2.75, 3.05) is 19.0 Å². The number of rotatable bonds is 5. The van der Waals surface area contributed by atoms with Gasteiger partial charge in [0.2, 0.25) is 5.91 Å². The third-order valence-corrected chi connectivity index (χ3v) is 3.91. The predicted octanol–water partition coefficient (Wildman–Crippen LogP) is 2.20. The number of nitro benzene ring substituents is 1. The van der Waals surface area contributed by atoms with Gasteiger partial charge < -0.3 is 15.0 Å². The summed E-state index contributed by atoms with van der Waals surface area (Å²) < 4.78 is 4.95. The highest BCUT2D eigenvalue weighted by molar-refractivity contribution is 6.02. The molecule has 8 heteroatoms. The number of methoxy groups -OCH3 is 1. The van der Waals surface area contributed by atoms with E-state index in [2.05, 4.69) is 5.32 Å². The number of nitro groups is 1. The summed E-state index contributed by atoms with van der Waals surface area (Å²) in [5, 5.41) is 13.6. The van der Waals surface area contributed by atoms with Crippen LogP contribution in [0.4, 0.5) is 11.4 Å². The van der Waals surface area contributed by atoms with Gasteiger partial charge in [-0.05, 0) is 23.8 Å². The van der Waals surface area contributed by atoms with Crippen LogP contribution in [0.5, 0.6) is 5.75 Å². The molecule has 0 radical (unpaired) electrons. The molecule has 1 aliphatic rings. The lowest BCUT2D eigenvalue weighted by molar-refractivity contribution is -0.384. The maximum absolute atomic E-state index is 12.3. The molecule has 0 fully saturated rings. The van der Waals surface area contributed by atoms with Crippen molar-refractivity contribution in [1.29, 1.82) is 0 Å². The van der Waals surface area contributed by atoms with Crippen LogP contribution in [0.2, 0.25) is 0 Å². The number of fused-ring (bicyclic) bond motifs is 1. The Hall–Kier alpha value is -3.42. The van der Waals surface area contributed by atoms with Crippen molar-refractivity contribution in [3.63, 3.8) is 0 Å². The molecule has 0 saturated carbocycles. The molecule has 2 amide bonds. The van der Waals surface area contributed by atoms with Crippen molar-refractivity contribution < 1.29 is 19.2 Å². The number of hydrogen-bond acceptors (Lipinski definition) is 5. The molecule has 1 heterocycles. The molecule has 1 aliphatic heterocycles. The van der Waals surface area contributed by atoms with E-state index in [1.165, 1.54) is 30.2 Å². The Morgan fingerprint density at radius 3 is 2.76 bits per heavy atom. The second kappa shape index (κ2) is 6.60. The fourth-order valence-corrected chi connectivity index (χ4v) is 2.70. The minimum Gasteiger partial charge on any atom is -0.496 e. The van der Waals surface area contributed by atoms with Gasteiger partial charge in [0.25, 0.3) is 11.6 Å². The average molecular weight is 341 g/mol. The van der Waals surface area contributed by atoms with Crippen LogP contribution in [0.25, 0.3) is 0 Å². The number of hydrogen-bond donors (Lipinski definition) is 1. The molecule has 0 atom stereocenters. The highest BCUT2D eigenvalue weighted by Gasteiger charge is 2.28.